The van der Waals surface area contributed by atoms with Crippen molar-refractivity contribution in [3.8, 4) is 0 Å². The maximum atomic E-state index is 13.6. The first-order chi connectivity index (χ1) is 23.6. The van der Waals surface area contributed by atoms with Gasteiger partial charge in [0.15, 0.2) is 0 Å². The summed E-state index contributed by atoms with van der Waals surface area (Å²) in [6.45, 7) is 5.73. The van der Waals surface area contributed by atoms with E-state index in [2.05, 4.69) is 26.3 Å². The van der Waals surface area contributed by atoms with E-state index in [9.17, 15) is 24.3 Å². The van der Waals surface area contributed by atoms with Crippen LogP contribution in [0.3, 0.4) is 0 Å². The second kappa shape index (κ2) is 20.8. The molecule has 0 fully saturated rings. The van der Waals surface area contributed by atoms with Crippen LogP contribution in [0, 0.1) is 11.8 Å². The number of nitrogens with one attached hydrogen (secondary N) is 4. The number of rotatable bonds is 19. The molecular weight excluding hydrogens is 643 g/mol. The molecule has 0 saturated carbocycles. The Hall–Kier alpha value is -4.42. The zero-order valence-corrected chi connectivity index (χ0v) is 29.5. The molecule has 3 aromatic rings. The third-order valence-electron chi connectivity index (χ3n) is 8.00. The molecule has 0 aliphatic rings. The van der Waals surface area contributed by atoms with E-state index in [1.54, 1.807) is 31.5 Å². The lowest BCUT2D eigenvalue weighted by Gasteiger charge is -2.29. The number of carbonyl (C=O) groups excluding carboxylic acids is 4. The molecule has 0 radical (unpaired) electrons. The molecule has 2 aromatic carbocycles. The highest BCUT2D eigenvalue weighted by molar-refractivity contribution is 7.98. The molecule has 0 aliphatic carbocycles. The van der Waals surface area contributed by atoms with Gasteiger partial charge in [-0.15, -0.1) is 0 Å². The number of thioether (sulfide) groups is 1. The molecule has 12 heteroatoms. The largest absolute Gasteiger partial charge is 0.445 e. The molecule has 0 bridgehead atoms. The summed E-state index contributed by atoms with van der Waals surface area (Å²) in [5, 5.41) is 22.8. The third-order valence-corrected chi connectivity index (χ3v) is 8.65. The monoisotopic (exact) mass is 691 g/mol. The maximum absolute atomic E-state index is 13.6. The van der Waals surface area contributed by atoms with Crippen molar-refractivity contribution in [2.45, 2.75) is 77.4 Å². The number of benzene rings is 2. The summed E-state index contributed by atoms with van der Waals surface area (Å²) in [5.41, 5.74) is 2.53. The number of amides is 4. The van der Waals surface area contributed by atoms with Crippen LogP contribution in [0.25, 0.3) is 0 Å². The van der Waals surface area contributed by atoms with E-state index in [0.29, 0.717) is 30.7 Å². The van der Waals surface area contributed by atoms with E-state index in [1.807, 2.05) is 80.8 Å². The van der Waals surface area contributed by atoms with Gasteiger partial charge in [-0.1, -0.05) is 87.5 Å². The zero-order chi connectivity index (χ0) is 35.6. The van der Waals surface area contributed by atoms with Gasteiger partial charge in [0, 0.05) is 30.4 Å². The molecule has 1 aromatic heterocycles. The van der Waals surface area contributed by atoms with Crippen molar-refractivity contribution in [2.75, 3.05) is 12.0 Å². The number of hydrogen-bond acceptors (Lipinski definition) is 8. The van der Waals surface area contributed by atoms with Crippen molar-refractivity contribution in [2.24, 2.45) is 11.8 Å². The van der Waals surface area contributed by atoms with Gasteiger partial charge in [-0.25, -0.2) is 4.79 Å². The maximum Gasteiger partial charge on any atom is 0.408 e. The number of aliphatic hydroxyl groups is 1. The van der Waals surface area contributed by atoms with Crippen molar-refractivity contribution in [3.63, 3.8) is 0 Å². The van der Waals surface area contributed by atoms with Crippen LogP contribution in [0.5, 0.6) is 0 Å². The number of pyridine rings is 1. The summed E-state index contributed by atoms with van der Waals surface area (Å²) in [5.74, 6) is -1.41. The molecule has 0 unspecified atom stereocenters. The summed E-state index contributed by atoms with van der Waals surface area (Å²) in [7, 11) is 0. The Balaban J connectivity index is 1.66. The molecule has 4 amide bonds. The second-order valence-electron chi connectivity index (χ2n) is 12.4. The van der Waals surface area contributed by atoms with Gasteiger partial charge in [-0.05, 0) is 54.4 Å². The van der Waals surface area contributed by atoms with Crippen molar-refractivity contribution >= 4 is 35.6 Å². The number of alkyl carbamates (subject to hydrolysis) is 1. The lowest BCUT2D eigenvalue weighted by molar-refractivity contribution is -0.132. The predicted molar refractivity (Wildman–Crippen MR) is 191 cm³/mol. The smallest absolute Gasteiger partial charge is 0.408 e. The first kappa shape index (κ1) is 39.0. The highest BCUT2D eigenvalue weighted by Gasteiger charge is 2.31. The molecule has 0 saturated heterocycles. The van der Waals surface area contributed by atoms with Crippen molar-refractivity contribution in [1.82, 2.24) is 26.3 Å². The predicted octanol–water partition coefficient (Wildman–Crippen LogP) is 4.00. The minimum Gasteiger partial charge on any atom is -0.445 e. The van der Waals surface area contributed by atoms with E-state index >= 15 is 0 Å². The molecular formula is C37H49N5O6S. The van der Waals surface area contributed by atoms with Crippen molar-refractivity contribution < 1.29 is 29.0 Å². The highest BCUT2D eigenvalue weighted by Crippen LogP contribution is 2.16. The van der Waals surface area contributed by atoms with Crippen LogP contribution in [0.15, 0.2) is 85.2 Å². The summed E-state index contributed by atoms with van der Waals surface area (Å²) < 4.78 is 5.32. The molecule has 1 heterocycles. The third kappa shape index (κ3) is 13.9. The molecule has 3 rings (SSSR count). The van der Waals surface area contributed by atoms with Gasteiger partial charge in [-0.2, -0.15) is 11.8 Å². The van der Waals surface area contributed by atoms with Crippen LogP contribution in [0.4, 0.5) is 4.79 Å². The normalized spacial score (nSPS) is 14.1. The zero-order valence-electron chi connectivity index (χ0n) is 28.6. The number of aliphatic hydroxyl groups excluding tert-OH is 1. The fraction of sp³-hybridized carbons (Fsp3) is 0.432. The van der Waals surface area contributed by atoms with Crippen LogP contribution in [0.1, 0.15) is 50.3 Å². The lowest BCUT2D eigenvalue weighted by Crippen LogP contribution is -2.54. The quantitative estimate of drug-likeness (QED) is 0.126. The van der Waals surface area contributed by atoms with Gasteiger partial charge in [0.05, 0.1) is 12.1 Å². The topological polar surface area (TPSA) is 159 Å². The van der Waals surface area contributed by atoms with Gasteiger partial charge >= 0.3 is 6.09 Å². The molecule has 264 valence electrons. The SMILES string of the molecule is CSCC[C@H](NC(=O)OCc1cccnc1)C(=O)N[C@@H](Cc1ccccc1)[C@@H](O)C[C@@H](C)C(=O)N[C@H](C(=O)NCc1ccccc1)C(C)C. The van der Waals surface area contributed by atoms with Crippen LogP contribution in [-0.4, -0.2) is 70.1 Å². The Labute approximate surface area is 293 Å². The summed E-state index contributed by atoms with van der Waals surface area (Å²) in [6.07, 6.45) is 3.90. The lowest BCUT2D eigenvalue weighted by atomic mass is 9.92. The van der Waals surface area contributed by atoms with E-state index in [-0.39, 0.29) is 30.8 Å². The van der Waals surface area contributed by atoms with Crippen LogP contribution in [0.2, 0.25) is 0 Å². The minimum atomic E-state index is -1.12. The van der Waals surface area contributed by atoms with Crippen LogP contribution >= 0.6 is 11.8 Å². The Morgan fingerprint density at radius 3 is 2.08 bits per heavy atom. The molecule has 49 heavy (non-hydrogen) atoms. The Kier molecular flexibility index (Phi) is 16.6. The minimum absolute atomic E-state index is 0.00179. The molecule has 0 aliphatic heterocycles. The summed E-state index contributed by atoms with van der Waals surface area (Å²) >= 11 is 1.53. The van der Waals surface area contributed by atoms with Gasteiger partial charge < -0.3 is 31.1 Å². The Morgan fingerprint density at radius 2 is 1.47 bits per heavy atom. The average Bonchev–Trinajstić information content (AvgIpc) is 3.11. The van der Waals surface area contributed by atoms with E-state index in [1.165, 1.54) is 11.8 Å². The summed E-state index contributed by atoms with van der Waals surface area (Å²) in [4.78, 5) is 56.6. The number of ether oxygens (including phenoxy) is 1. The standard InChI is InChI=1S/C37H49N5O6S/c1-25(2)33(36(46)39-23-28-14-9-6-10-15-28)42-34(44)26(3)20-32(43)31(21-27-12-7-5-8-13-27)40-35(45)30(17-19-49-4)41-37(47)48-24-29-16-11-18-38-22-29/h5-16,18,22,25-26,30-33,43H,17,19-21,23-24H2,1-4H3,(H,39,46)(H,40,45)(H,41,47)(H,42,44)/t26-,30+,31+,32+,33+/m1/s1. The number of hydrogen-bond donors (Lipinski definition) is 5. The molecule has 11 nitrogen and oxygen atoms in total. The van der Waals surface area contributed by atoms with E-state index in [0.717, 1.165) is 11.1 Å². The van der Waals surface area contributed by atoms with Crippen molar-refractivity contribution in [3.05, 3.63) is 102 Å². The number of carbonyl (C=O) groups is 4. The molecule has 5 atom stereocenters. The Bertz CT molecular complexity index is 1450. The highest BCUT2D eigenvalue weighted by atomic mass is 32.2. The van der Waals surface area contributed by atoms with E-state index in [4.69, 9.17) is 4.74 Å². The Morgan fingerprint density at radius 1 is 0.816 bits per heavy atom. The van der Waals surface area contributed by atoms with Gasteiger partial charge in [0.1, 0.15) is 18.7 Å². The van der Waals surface area contributed by atoms with Gasteiger partial charge in [0.2, 0.25) is 17.7 Å². The van der Waals surface area contributed by atoms with E-state index < -0.39 is 42.1 Å². The number of nitrogens with zero attached hydrogens (tertiary/aromatic N) is 1. The first-order valence-electron chi connectivity index (χ1n) is 16.5. The summed E-state index contributed by atoms with van der Waals surface area (Å²) in [6, 6.07) is 20.0. The number of aromatic nitrogens is 1. The van der Waals surface area contributed by atoms with Gasteiger partial charge in [0.25, 0.3) is 0 Å². The molecule has 5 N–H and O–H groups in total. The second-order valence-corrected chi connectivity index (χ2v) is 13.3. The van der Waals surface area contributed by atoms with Crippen molar-refractivity contribution in [1.29, 1.82) is 0 Å². The average molecular weight is 692 g/mol. The first-order valence-corrected chi connectivity index (χ1v) is 17.9. The molecule has 0 spiro atoms. The van der Waals surface area contributed by atoms with Crippen LogP contribution < -0.4 is 21.3 Å². The fourth-order valence-corrected chi connectivity index (χ4v) is 5.59. The van der Waals surface area contributed by atoms with Crippen LogP contribution in [-0.2, 0) is 38.7 Å². The fourth-order valence-electron chi connectivity index (χ4n) is 5.11. The van der Waals surface area contributed by atoms with Gasteiger partial charge in [-0.3, -0.25) is 19.4 Å².